The van der Waals surface area contributed by atoms with Gasteiger partial charge in [-0.15, -0.1) is 0 Å². The first-order valence-corrected chi connectivity index (χ1v) is 3.40. The van der Waals surface area contributed by atoms with Gasteiger partial charge in [-0.2, -0.15) is 5.10 Å². The van der Waals surface area contributed by atoms with Crippen LogP contribution in [-0.2, 0) is 18.4 Å². The van der Waals surface area contributed by atoms with Gasteiger partial charge in [0.2, 0.25) is 6.41 Å². The van der Waals surface area contributed by atoms with Crippen molar-refractivity contribution in [2.45, 2.75) is 13.5 Å². The molecule has 0 spiro atoms. The zero-order valence-electron chi connectivity index (χ0n) is 6.66. The summed E-state index contributed by atoms with van der Waals surface area (Å²) < 4.78 is 1.76. The molecule has 0 aliphatic carbocycles. The molecule has 1 heterocycles. The summed E-state index contributed by atoms with van der Waals surface area (Å²) in [7, 11) is 1.86. The van der Waals surface area contributed by atoms with Crippen LogP contribution >= 0.6 is 0 Å². The molecular formula is C7H11N3O. The highest BCUT2D eigenvalue weighted by Crippen LogP contribution is 1.99. The molecule has 1 aromatic rings. The molecule has 0 aliphatic heterocycles. The van der Waals surface area contributed by atoms with Crippen LogP contribution in [0.3, 0.4) is 0 Å². The van der Waals surface area contributed by atoms with Gasteiger partial charge in [-0.05, 0) is 13.0 Å². The van der Waals surface area contributed by atoms with E-state index in [9.17, 15) is 4.79 Å². The van der Waals surface area contributed by atoms with Crippen LogP contribution in [0, 0.1) is 6.92 Å². The van der Waals surface area contributed by atoms with E-state index in [1.807, 2.05) is 20.0 Å². The van der Waals surface area contributed by atoms with Gasteiger partial charge in [0.1, 0.15) is 0 Å². The molecule has 0 saturated heterocycles. The van der Waals surface area contributed by atoms with Crippen molar-refractivity contribution in [2.24, 2.45) is 7.05 Å². The van der Waals surface area contributed by atoms with Crippen molar-refractivity contribution >= 4 is 6.41 Å². The number of nitrogens with zero attached hydrogens (tertiary/aromatic N) is 2. The Morgan fingerprint density at radius 1 is 1.82 bits per heavy atom. The third-order valence-corrected chi connectivity index (χ3v) is 1.47. The Morgan fingerprint density at radius 3 is 3.00 bits per heavy atom. The van der Waals surface area contributed by atoms with Crippen molar-refractivity contribution in [2.75, 3.05) is 0 Å². The SMILES string of the molecule is Cc1cc(CNC=O)n(C)n1. The molecule has 1 N–H and O–H groups in total. The second kappa shape index (κ2) is 3.18. The van der Waals surface area contributed by atoms with Gasteiger partial charge in [0.25, 0.3) is 0 Å². The molecule has 0 radical (unpaired) electrons. The van der Waals surface area contributed by atoms with E-state index in [1.54, 1.807) is 4.68 Å². The van der Waals surface area contributed by atoms with Crippen molar-refractivity contribution < 1.29 is 4.79 Å². The van der Waals surface area contributed by atoms with Gasteiger partial charge in [-0.3, -0.25) is 9.48 Å². The van der Waals surface area contributed by atoms with E-state index in [0.29, 0.717) is 13.0 Å². The maximum atomic E-state index is 9.96. The highest BCUT2D eigenvalue weighted by Gasteiger charge is 1.99. The summed E-state index contributed by atoms with van der Waals surface area (Å²) in [6.07, 6.45) is 0.683. The van der Waals surface area contributed by atoms with E-state index in [1.165, 1.54) is 0 Å². The van der Waals surface area contributed by atoms with E-state index in [4.69, 9.17) is 0 Å². The van der Waals surface area contributed by atoms with Gasteiger partial charge >= 0.3 is 0 Å². The van der Waals surface area contributed by atoms with Crippen LogP contribution in [-0.4, -0.2) is 16.2 Å². The minimum Gasteiger partial charge on any atom is -0.353 e. The quantitative estimate of drug-likeness (QED) is 0.620. The predicted molar refractivity (Wildman–Crippen MR) is 40.8 cm³/mol. The van der Waals surface area contributed by atoms with E-state index in [0.717, 1.165) is 11.4 Å². The Morgan fingerprint density at radius 2 is 2.55 bits per heavy atom. The number of aryl methyl sites for hydroxylation is 2. The number of hydrogen-bond acceptors (Lipinski definition) is 2. The van der Waals surface area contributed by atoms with Crippen LogP contribution in [0.4, 0.5) is 0 Å². The summed E-state index contributed by atoms with van der Waals surface area (Å²) in [5.74, 6) is 0. The van der Waals surface area contributed by atoms with Crippen LogP contribution < -0.4 is 5.32 Å². The molecule has 11 heavy (non-hydrogen) atoms. The minimum atomic E-state index is 0.542. The number of rotatable bonds is 3. The Hall–Kier alpha value is -1.32. The second-order valence-electron chi connectivity index (χ2n) is 2.40. The number of hydrogen-bond donors (Lipinski definition) is 1. The lowest BCUT2D eigenvalue weighted by atomic mass is 10.4. The van der Waals surface area contributed by atoms with Crippen LogP contribution in [0.2, 0.25) is 0 Å². The number of carbonyl (C=O) groups is 1. The number of carbonyl (C=O) groups excluding carboxylic acids is 1. The topological polar surface area (TPSA) is 46.9 Å². The van der Waals surface area contributed by atoms with Gasteiger partial charge in [-0.1, -0.05) is 0 Å². The normalized spacial score (nSPS) is 9.64. The first kappa shape index (κ1) is 7.78. The Labute approximate surface area is 65.2 Å². The molecule has 0 bridgehead atoms. The molecule has 0 fully saturated rings. The lowest BCUT2D eigenvalue weighted by Crippen LogP contribution is -2.12. The van der Waals surface area contributed by atoms with Crippen molar-refractivity contribution in [3.05, 3.63) is 17.5 Å². The molecule has 1 amide bonds. The fourth-order valence-electron chi connectivity index (χ4n) is 0.976. The maximum Gasteiger partial charge on any atom is 0.207 e. The highest BCUT2D eigenvalue weighted by molar-refractivity contribution is 5.45. The van der Waals surface area contributed by atoms with Gasteiger partial charge in [-0.25, -0.2) is 0 Å². The summed E-state index contributed by atoms with van der Waals surface area (Å²) in [6, 6.07) is 1.94. The molecule has 0 aliphatic rings. The number of nitrogens with one attached hydrogen (secondary N) is 1. The molecule has 60 valence electrons. The fourth-order valence-corrected chi connectivity index (χ4v) is 0.976. The van der Waals surface area contributed by atoms with Crippen LogP contribution in [0.15, 0.2) is 6.07 Å². The average Bonchev–Trinajstić information content (AvgIpc) is 2.26. The molecule has 1 rings (SSSR count). The summed E-state index contributed by atoms with van der Waals surface area (Å²) >= 11 is 0. The molecule has 0 saturated carbocycles. The number of amides is 1. The summed E-state index contributed by atoms with van der Waals surface area (Å²) in [4.78, 5) is 9.96. The van der Waals surface area contributed by atoms with Crippen molar-refractivity contribution in [1.29, 1.82) is 0 Å². The van der Waals surface area contributed by atoms with Crippen LogP contribution in [0.25, 0.3) is 0 Å². The van der Waals surface area contributed by atoms with Crippen LogP contribution in [0.5, 0.6) is 0 Å². The van der Waals surface area contributed by atoms with E-state index in [2.05, 4.69) is 10.4 Å². The van der Waals surface area contributed by atoms with Crippen LogP contribution in [0.1, 0.15) is 11.4 Å². The molecule has 4 heteroatoms. The highest BCUT2D eigenvalue weighted by atomic mass is 16.1. The monoisotopic (exact) mass is 153 g/mol. The zero-order valence-corrected chi connectivity index (χ0v) is 6.66. The van der Waals surface area contributed by atoms with Crippen molar-refractivity contribution in [3.8, 4) is 0 Å². The Balaban J connectivity index is 2.69. The first-order valence-electron chi connectivity index (χ1n) is 3.40. The fraction of sp³-hybridized carbons (Fsp3) is 0.429. The summed E-state index contributed by atoms with van der Waals surface area (Å²) in [5, 5.41) is 6.70. The van der Waals surface area contributed by atoms with E-state index >= 15 is 0 Å². The summed E-state index contributed by atoms with van der Waals surface area (Å²) in [5.41, 5.74) is 1.98. The predicted octanol–water partition coefficient (Wildman–Crippen LogP) is -0.0255. The van der Waals surface area contributed by atoms with Crippen molar-refractivity contribution in [1.82, 2.24) is 15.1 Å². The van der Waals surface area contributed by atoms with Gasteiger partial charge in [0.15, 0.2) is 0 Å². The lowest BCUT2D eigenvalue weighted by Gasteiger charge is -1.97. The van der Waals surface area contributed by atoms with E-state index < -0.39 is 0 Å². The summed E-state index contributed by atoms with van der Waals surface area (Å²) in [6.45, 7) is 2.46. The molecular weight excluding hydrogens is 142 g/mol. The zero-order chi connectivity index (χ0) is 8.27. The third kappa shape index (κ3) is 1.80. The number of aromatic nitrogens is 2. The largest absolute Gasteiger partial charge is 0.353 e. The third-order valence-electron chi connectivity index (χ3n) is 1.47. The maximum absolute atomic E-state index is 9.96. The molecule has 0 unspecified atom stereocenters. The van der Waals surface area contributed by atoms with E-state index in [-0.39, 0.29) is 0 Å². The van der Waals surface area contributed by atoms with Crippen molar-refractivity contribution in [3.63, 3.8) is 0 Å². The average molecular weight is 153 g/mol. The molecule has 0 atom stereocenters. The standard InChI is InChI=1S/C7H11N3O/c1-6-3-7(4-8-5-11)10(2)9-6/h3,5H,4H2,1-2H3,(H,8,11). The van der Waals surface area contributed by atoms with Gasteiger partial charge < -0.3 is 5.32 Å². The van der Waals surface area contributed by atoms with Gasteiger partial charge in [0, 0.05) is 7.05 Å². The molecule has 1 aromatic heterocycles. The Bertz CT molecular complexity index is 254. The minimum absolute atomic E-state index is 0.542. The lowest BCUT2D eigenvalue weighted by molar-refractivity contribution is -0.109. The smallest absolute Gasteiger partial charge is 0.207 e. The second-order valence-corrected chi connectivity index (χ2v) is 2.40. The van der Waals surface area contributed by atoms with Gasteiger partial charge in [0.05, 0.1) is 17.9 Å². The Kier molecular flexibility index (Phi) is 2.25. The molecule has 0 aromatic carbocycles. The first-order chi connectivity index (χ1) is 5.24. The molecule has 4 nitrogen and oxygen atoms in total.